The van der Waals surface area contributed by atoms with Gasteiger partial charge >= 0.3 is 0 Å². The van der Waals surface area contributed by atoms with E-state index in [1.54, 1.807) is 12.8 Å². The predicted molar refractivity (Wildman–Crippen MR) is 62.3 cm³/mol. The van der Waals surface area contributed by atoms with Gasteiger partial charge in [-0.3, -0.25) is 0 Å². The van der Waals surface area contributed by atoms with Crippen molar-refractivity contribution < 1.29 is 0 Å². The standard InChI is InChI=1S/C14H26/c1-3-6-12-7-4-8-13(12)11-14(2)9-5-10-14/h12-13H,3-11H2,1-2H3. The van der Waals surface area contributed by atoms with Gasteiger partial charge in [0.15, 0.2) is 0 Å². The summed E-state index contributed by atoms with van der Waals surface area (Å²) in [4.78, 5) is 0. The van der Waals surface area contributed by atoms with E-state index in [-0.39, 0.29) is 0 Å². The molecule has 2 aliphatic rings. The molecule has 0 heteroatoms. The zero-order valence-electron chi connectivity index (χ0n) is 10.0. The summed E-state index contributed by atoms with van der Waals surface area (Å²) >= 11 is 0. The minimum Gasteiger partial charge on any atom is -0.0654 e. The SMILES string of the molecule is CCCC1CCCC1CC1(C)CCC1. The monoisotopic (exact) mass is 194 g/mol. The second kappa shape index (κ2) is 4.24. The van der Waals surface area contributed by atoms with E-state index in [1.165, 1.54) is 44.9 Å². The van der Waals surface area contributed by atoms with E-state index in [9.17, 15) is 0 Å². The van der Waals surface area contributed by atoms with Crippen LogP contribution in [0.5, 0.6) is 0 Å². The van der Waals surface area contributed by atoms with E-state index in [1.807, 2.05) is 0 Å². The average molecular weight is 194 g/mol. The molecule has 2 rings (SSSR count). The molecule has 0 aromatic heterocycles. The van der Waals surface area contributed by atoms with Crippen LogP contribution in [0.3, 0.4) is 0 Å². The lowest BCUT2D eigenvalue weighted by Crippen LogP contribution is -2.29. The van der Waals surface area contributed by atoms with Crippen LogP contribution in [0.15, 0.2) is 0 Å². The van der Waals surface area contributed by atoms with Crippen molar-refractivity contribution in [3.8, 4) is 0 Å². The highest BCUT2D eigenvalue weighted by Gasteiger charge is 2.37. The van der Waals surface area contributed by atoms with Crippen molar-refractivity contribution in [2.75, 3.05) is 0 Å². The first-order valence-corrected chi connectivity index (χ1v) is 6.73. The first kappa shape index (κ1) is 10.5. The van der Waals surface area contributed by atoms with Crippen LogP contribution in [0.2, 0.25) is 0 Å². The third-order valence-electron chi connectivity index (χ3n) is 4.79. The predicted octanol–water partition coefficient (Wildman–Crippen LogP) is 4.78. The minimum atomic E-state index is 0.765. The molecule has 2 fully saturated rings. The lowest BCUT2D eigenvalue weighted by Gasteiger charge is -2.41. The van der Waals surface area contributed by atoms with Gasteiger partial charge in [0.2, 0.25) is 0 Å². The zero-order chi connectivity index (χ0) is 10.0. The molecule has 0 amide bonds. The molecule has 0 bridgehead atoms. The molecule has 0 saturated heterocycles. The van der Waals surface area contributed by atoms with E-state index < -0.39 is 0 Å². The van der Waals surface area contributed by atoms with Crippen LogP contribution in [0.4, 0.5) is 0 Å². The van der Waals surface area contributed by atoms with Crippen LogP contribution in [0, 0.1) is 17.3 Å². The van der Waals surface area contributed by atoms with Crippen molar-refractivity contribution in [3.63, 3.8) is 0 Å². The molecule has 14 heavy (non-hydrogen) atoms. The quantitative estimate of drug-likeness (QED) is 0.604. The van der Waals surface area contributed by atoms with E-state index in [4.69, 9.17) is 0 Å². The van der Waals surface area contributed by atoms with E-state index in [0.717, 1.165) is 17.3 Å². The van der Waals surface area contributed by atoms with Gasteiger partial charge in [-0.1, -0.05) is 52.4 Å². The Morgan fingerprint density at radius 3 is 2.36 bits per heavy atom. The maximum atomic E-state index is 2.53. The van der Waals surface area contributed by atoms with E-state index in [2.05, 4.69) is 13.8 Å². The molecular formula is C14H26. The number of hydrogen-bond donors (Lipinski definition) is 0. The molecule has 0 nitrogen and oxygen atoms in total. The maximum absolute atomic E-state index is 2.53. The Morgan fingerprint density at radius 2 is 1.79 bits per heavy atom. The molecule has 2 unspecified atom stereocenters. The highest BCUT2D eigenvalue weighted by atomic mass is 14.4. The minimum absolute atomic E-state index is 0.765. The molecule has 82 valence electrons. The Morgan fingerprint density at radius 1 is 1.07 bits per heavy atom. The smallest absolute Gasteiger partial charge is 0.0323 e. The van der Waals surface area contributed by atoms with Crippen molar-refractivity contribution in [1.29, 1.82) is 0 Å². The van der Waals surface area contributed by atoms with Crippen LogP contribution in [-0.4, -0.2) is 0 Å². The van der Waals surface area contributed by atoms with Crippen molar-refractivity contribution in [1.82, 2.24) is 0 Å². The van der Waals surface area contributed by atoms with Gasteiger partial charge in [-0.15, -0.1) is 0 Å². The molecule has 0 spiro atoms. The lowest BCUT2D eigenvalue weighted by molar-refractivity contribution is 0.102. The molecule has 0 radical (unpaired) electrons. The summed E-state index contributed by atoms with van der Waals surface area (Å²) in [6, 6.07) is 0. The van der Waals surface area contributed by atoms with E-state index in [0.29, 0.717) is 0 Å². The van der Waals surface area contributed by atoms with Crippen LogP contribution in [0.25, 0.3) is 0 Å². The summed E-state index contributed by atoms with van der Waals surface area (Å²) in [5, 5.41) is 0. The highest BCUT2D eigenvalue weighted by Crippen LogP contribution is 2.50. The van der Waals surface area contributed by atoms with Gasteiger partial charge in [0.1, 0.15) is 0 Å². The number of rotatable bonds is 4. The van der Waals surface area contributed by atoms with Gasteiger partial charge < -0.3 is 0 Å². The molecule has 0 aromatic rings. The summed E-state index contributed by atoms with van der Waals surface area (Å²) in [5.74, 6) is 2.19. The Balaban J connectivity index is 1.83. The fourth-order valence-electron chi connectivity index (χ4n) is 3.75. The molecular weight excluding hydrogens is 168 g/mol. The summed E-state index contributed by atoms with van der Waals surface area (Å²) in [5.41, 5.74) is 0.765. The topological polar surface area (TPSA) is 0 Å². The summed E-state index contributed by atoms with van der Waals surface area (Å²) in [7, 11) is 0. The van der Waals surface area contributed by atoms with Gasteiger partial charge in [-0.2, -0.15) is 0 Å². The molecule has 0 heterocycles. The Bertz CT molecular complexity index is 178. The van der Waals surface area contributed by atoms with E-state index >= 15 is 0 Å². The van der Waals surface area contributed by atoms with Crippen LogP contribution < -0.4 is 0 Å². The van der Waals surface area contributed by atoms with Crippen LogP contribution >= 0.6 is 0 Å². The number of hydrogen-bond acceptors (Lipinski definition) is 0. The van der Waals surface area contributed by atoms with Gasteiger partial charge in [0.25, 0.3) is 0 Å². The molecule has 0 aliphatic heterocycles. The maximum Gasteiger partial charge on any atom is -0.0323 e. The Kier molecular flexibility index (Phi) is 3.19. The van der Waals surface area contributed by atoms with Crippen molar-refractivity contribution in [3.05, 3.63) is 0 Å². The molecule has 0 aromatic carbocycles. The first-order valence-electron chi connectivity index (χ1n) is 6.73. The van der Waals surface area contributed by atoms with Crippen LogP contribution in [0.1, 0.15) is 71.6 Å². The summed E-state index contributed by atoms with van der Waals surface area (Å²) in [6.45, 7) is 4.87. The second-order valence-corrected chi connectivity index (χ2v) is 6.11. The normalized spacial score (nSPS) is 35.6. The highest BCUT2D eigenvalue weighted by molar-refractivity contribution is 4.89. The summed E-state index contributed by atoms with van der Waals surface area (Å²) in [6.07, 6.45) is 13.6. The van der Waals surface area contributed by atoms with Crippen molar-refractivity contribution in [2.45, 2.75) is 71.6 Å². The van der Waals surface area contributed by atoms with Gasteiger partial charge in [-0.25, -0.2) is 0 Å². The van der Waals surface area contributed by atoms with Crippen molar-refractivity contribution >= 4 is 0 Å². The third kappa shape index (κ3) is 2.15. The second-order valence-electron chi connectivity index (χ2n) is 6.11. The largest absolute Gasteiger partial charge is 0.0654 e. The Labute approximate surface area is 89.5 Å². The van der Waals surface area contributed by atoms with Crippen LogP contribution in [-0.2, 0) is 0 Å². The lowest BCUT2D eigenvalue weighted by atomic mass is 9.64. The van der Waals surface area contributed by atoms with Gasteiger partial charge in [0, 0.05) is 0 Å². The average Bonchev–Trinajstić information content (AvgIpc) is 2.51. The Hall–Kier alpha value is 0. The third-order valence-corrected chi connectivity index (χ3v) is 4.79. The summed E-state index contributed by atoms with van der Waals surface area (Å²) < 4.78 is 0. The molecule has 2 aliphatic carbocycles. The zero-order valence-corrected chi connectivity index (χ0v) is 10.0. The van der Waals surface area contributed by atoms with Gasteiger partial charge in [-0.05, 0) is 36.5 Å². The van der Waals surface area contributed by atoms with Crippen molar-refractivity contribution in [2.24, 2.45) is 17.3 Å². The van der Waals surface area contributed by atoms with Gasteiger partial charge in [0.05, 0.1) is 0 Å². The molecule has 0 N–H and O–H groups in total. The fourth-order valence-corrected chi connectivity index (χ4v) is 3.75. The first-order chi connectivity index (χ1) is 6.73. The molecule has 2 saturated carbocycles. The fraction of sp³-hybridized carbons (Fsp3) is 1.00. The molecule has 2 atom stereocenters.